The second-order valence-corrected chi connectivity index (χ2v) is 6.53. The summed E-state index contributed by atoms with van der Waals surface area (Å²) in [4.78, 5) is 18.0. The molecule has 2 rings (SSSR count). The van der Waals surface area contributed by atoms with E-state index in [9.17, 15) is 18.0 Å². The number of nitrogens with zero attached hydrogens (tertiary/aromatic N) is 3. The van der Waals surface area contributed by atoms with Crippen LogP contribution in [0.2, 0.25) is 0 Å². The van der Waals surface area contributed by atoms with Gasteiger partial charge in [0.2, 0.25) is 5.89 Å². The molecule has 0 saturated carbocycles. The summed E-state index contributed by atoms with van der Waals surface area (Å²) in [6.45, 7) is 6.04. The normalized spacial score (nSPS) is 11.7. The van der Waals surface area contributed by atoms with E-state index in [-0.39, 0.29) is 18.7 Å². The number of benzene rings is 1. The van der Waals surface area contributed by atoms with Crippen LogP contribution in [0.1, 0.15) is 43.6 Å². The number of urea groups is 1. The Morgan fingerprint density at radius 2 is 2.00 bits per heavy atom. The molecule has 0 aliphatic heterocycles. The molecule has 1 heterocycles. The molecule has 0 unspecified atom stereocenters. The van der Waals surface area contributed by atoms with E-state index >= 15 is 0 Å². The number of hydrogen-bond donors (Lipinski definition) is 1. The Hall–Kier alpha value is -2.58. The molecule has 0 fully saturated rings. The first-order valence-corrected chi connectivity index (χ1v) is 8.70. The molecule has 1 N–H and O–H groups in total. The minimum Gasteiger partial charge on any atom is -0.339 e. The van der Waals surface area contributed by atoms with Gasteiger partial charge in [-0.15, -0.1) is 0 Å². The third kappa shape index (κ3) is 5.97. The summed E-state index contributed by atoms with van der Waals surface area (Å²) in [5.74, 6) is 1.21. The zero-order valence-electron chi connectivity index (χ0n) is 15.5. The Bertz CT molecular complexity index is 759. The third-order valence-corrected chi connectivity index (χ3v) is 3.85. The average molecular weight is 384 g/mol. The smallest absolute Gasteiger partial charge is 0.339 e. The Balaban J connectivity index is 1.99. The van der Waals surface area contributed by atoms with Gasteiger partial charge in [-0.25, -0.2) is 4.79 Å². The molecule has 148 valence electrons. The molecule has 9 heteroatoms. The summed E-state index contributed by atoms with van der Waals surface area (Å²) in [5.41, 5.74) is -0.752. The molecular weight excluding hydrogens is 361 g/mol. The number of aromatic nitrogens is 2. The number of alkyl halides is 3. The molecule has 0 bridgehead atoms. The van der Waals surface area contributed by atoms with Crippen molar-refractivity contribution in [3.8, 4) is 0 Å². The Morgan fingerprint density at radius 1 is 1.30 bits per heavy atom. The Kier molecular flexibility index (Phi) is 6.81. The van der Waals surface area contributed by atoms with E-state index in [0.717, 1.165) is 6.07 Å². The molecule has 0 aliphatic rings. The van der Waals surface area contributed by atoms with E-state index in [1.54, 1.807) is 6.92 Å². The van der Waals surface area contributed by atoms with Crippen LogP contribution in [0, 0.1) is 5.92 Å². The van der Waals surface area contributed by atoms with Gasteiger partial charge in [-0.1, -0.05) is 37.2 Å². The quantitative estimate of drug-likeness (QED) is 0.783. The van der Waals surface area contributed by atoms with Gasteiger partial charge in [0.15, 0.2) is 5.82 Å². The number of carbonyl (C=O) groups excluding carboxylic acids is 1. The van der Waals surface area contributed by atoms with Crippen LogP contribution in [-0.4, -0.2) is 27.6 Å². The largest absolute Gasteiger partial charge is 0.416 e. The van der Waals surface area contributed by atoms with Crippen LogP contribution < -0.4 is 5.32 Å². The van der Waals surface area contributed by atoms with E-state index < -0.39 is 17.8 Å². The van der Waals surface area contributed by atoms with Crippen molar-refractivity contribution in [2.75, 3.05) is 6.54 Å². The van der Waals surface area contributed by atoms with E-state index in [2.05, 4.69) is 15.5 Å². The van der Waals surface area contributed by atoms with E-state index in [1.165, 1.54) is 23.1 Å². The molecule has 6 nitrogen and oxygen atoms in total. The molecule has 27 heavy (non-hydrogen) atoms. The van der Waals surface area contributed by atoms with Crippen LogP contribution in [0.4, 0.5) is 18.0 Å². The minimum atomic E-state index is -4.47. The minimum absolute atomic E-state index is 0.00758. The molecule has 0 saturated heterocycles. The van der Waals surface area contributed by atoms with Crippen LogP contribution in [0.5, 0.6) is 0 Å². The third-order valence-electron chi connectivity index (χ3n) is 3.85. The van der Waals surface area contributed by atoms with Crippen LogP contribution in [0.3, 0.4) is 0 Å². The molecule has 1 aromatic carbocycles. The summed E-state index contributed by atoms with van der Waals surface area (Å²) in [5, 5.41) is 6.37. The van der Waals surface area contributed by atoms with Crippen molar-refractivity contribution in [2.24, 2.45) is 5.92 Å². The molecule has 2 amide bonds. The van der Waals surface area contributed by atoms with Gasteiger partial charge in [0, 0.05) is 19.5 Å². The van der Waals surface area contributed by atoms with Gasteiger partial charge in [0.25, 0.3) is 0 Å². The highest BCUT2D eigenvalue weighted by Crippen LogP contribution is 2.31. The molecular formula is C18H23F3N4O2. The fraction of sp³-hybridized carbons (Fsp3) is 0.500. The van der Waals surface area contributed by atoms with Gasteiger partial charge in [-0.2, -0.15) is 18.2 Å². The monoisotopic (exact) mass is 384 g/mol. The van der Waals surface area contributed by atoms with Gasteiger partial charge in [-0.05, 0) is 24.5 Å². The topological polar surface area (TPSA) is 71.3 Å². The van der Waals surface area contributed by atoms with E-state index in [0.29, 0.717) is 30.6 Å². The van der Waals surface area contributed by atoms with Crippen LogP contribution in [0.15, 0.2) is 28.8 Å². The van der Waals surface area contributed by atoms with E-state index in [4.69, 9.17) is 4.52 Å². The van der Waals surface area contributed by atoms with Gasteiger partial charge in [0.1, 0.15) is 0 Å². The van der Waals surface area contributed by atoms with Crippen molar-refractivity contribution in [2.45, 2.75) is 46.5 Å². The number of amides is 2. The summed E-state index contributed by atoms with van der Waals surface area (Å²) >= 11 is 0. The second-order valence-electron chi connectivity index (χ2n) is 6.53. The molecule has 2 aromatic rings. The lowest BCUT2D eigenvalue weighted by molar-refractivity contribution is -0.138. The predicted molar refractivity (Wildman–Crippen MR) is 92.6 cm³/mol. The molecule has 0 radical (unpaired) electrons. The van der Waals surface area contributed by atoms with Gasteiger partial charge in [0.05, 0.1) is 12.1 Å². The first-order chi connectivity index (χ1) is 12.7. The molecule has 1 aromatic heterocycles. The number of rotatable bonds is 7. The summed E-state index contributed by atoms with van der Waals surface area (Å²) in [6.07, 6.45) is -3.83. The van der Waals surface area contributed by atoms with Crippen LogP contribution in [-0.2, 0) is 25.7 Å². The highest BCUT2D eigenvalue weighted by Gasteiger charge is 2.32. The summed E-state index contributed by atoms with van der Waals surface area (Å²) in [6, 6.07) is 4.66. The standard InChI is InChI=1S/C18H23F3N4O2/c1-4-25(11-15-23-16(27-24-15)9-12(2)3)17(26)22-10-13-7-5-6-8-14(13)18(19,20)21/h5-8,12H,4,9-11H2,1-3H3,(H,22,26). The lowest BCUT2D eigenvalue weighted by Gasteiger charge is -2.20. The van der Waals surface area contributed by atoms with Gasteiger partial charge < -0.3 is 14.7 Å². The summed E-state index contributed by atoms with van der Waals surface area (Å²) < 4.78 is 44.2. The maximum Gasteiger partial charge on any atom is 0.416 e. The van der Waals surface area contributed by atoms with Crippen molar-refractivity contribution in [3.05, 3.63) is 47.1 Å². The average Bonchev–Trinajstić information content (AvgIpc) is 3.03. The molecule has 0 atom stereocenters. The van der Waals surface area contributed by atoms with Crippen molar-refractivity contribution in [3.63, 3.8) is 0 Å². The first kappa shape index (κ1) is 20.7. The van der Waals surface area contributed by atoms with Gasteiger partial charge in [-0.3, -0.25) is 0 Å². The molecule has 0 spiro atoms. The van der Waals surface area contributed by atoms with Crippen LogP contribution >= 0.6 is 0 Å². The first-order valence-electron chi connectivity index (χ1n) is 8.70. The Morgan fingerprint density at radius 3 is 2.63 bits per heavy atom. The second kappa shape index (κ2) is 8.88. The Labute approximate surface area is 155 Å². The van der Waals surface area contributed by atoms with Gasteiger partial charge >= 0.3 is 12.2 Å². The predicted octanol–water partition coefficient (Wildman–Crippen LogP) is 4.02. The molecule has 0 aliphatic carbocycles. The maximum absolute atomic E-state index is 13.0. The lowest BCUT2D eigenvalue weighted by Crippen LogP contribution is -2.39. The number of nitrogens with one attached hydrogen (secondary N) is 1. The van der Waals surface area contributed by atoms with Crippen molar-refractivity contribution in [1.29, 1.82) is 0 Å². The number of carbonyl (C=O) groups is 1. The number of halogens is 3. The maximum atomic E-state index is 13.0. The lowest BCUT2D eigenvalue weighted by atomic mass is 10.1. The SMILES string of the molecule is CCN(Cc1noc(CC(C)C)n1)C(=O)NCc1ccccc1C(F)(F)F. The van der Waals surface area contributed by atoms with Crippen molar-refractivity contribution >= 4 is 6.03 Å². The van der Waals surface area contributed by atoms with Crippen molar-refractivity contribution in [1.82, 2.24) is 20.4 Å². The van der Waals surface area contributed by atoms with E-state index in [1.807, 2.05) is 13.8 Å². The highest BCUT2D eigenvalue weighted by molar-refractivity contribution is 5.74. The zero-order chi connectivity index (χ0) is 20.0. The highest BCUT2D eigenvalue weighted by atomic mass is 19.4. The van der Waals surface area contributed by atoms with Crippen LogP contribution in [0.25, 0.3) is 0 Å². The van der Waals surface area contributed by atoms with Crippen molar-refractivity contribution < 1.29 is 22.5 Å². The number of hydrogen-bond acceptors (Lipinski definition) is 4. The summed E-state index contributed by atoms with van der Waals surface area (Å²) in [7, 11) is 0. The fourth-order valence-electron chi connectivity index (χ4n) is 2.52. The fourth-order valence-corrected chi connectivity index (χ4v) is 2.52. The zero-order valence-corrected chi connectivity index (χ0v) is 15.5.